The predicted octanol–water partition coefficient (Wildman–Crippen LogP) is 2.20. The first kappa shape index (κ1) is 11.6. The van der Waals surface area contributed by atoms with Gasteiger partial charge in [0.15, 0.2) is 0 Å². The van der Waals surface area contributed by atoms with E-state index in [0.717, 1.165) is 36.6 Å². The van der Waals surface area contributed by atoms with Crippen molar-refractivity contribution in [1.29, 1.82) is 0 Å². The molecule has 0 aromatic carbocycles. The Morgan fingerprint density at radius 3 is 2.88 bits per heavy atom. The molecule has 88 valence electrons. The van der Waals surface area contributed by atoms with E-state index in [-0.39, 0.29) is 6.61 Å². The van der Waals surface area contributed by atoms with E-state index < -0.39 is 0 Å². The van der Waals surface area contributed by atoms with Crippen LogP contribution in [0.3, 0.4) is 0 Å². The normalized spacial score (nSPS) is 20.6. The fourth-order valence-electron chi connectivity index (χ4n) is 2.13. The molecule has 0 aliphatic carbocycles. The molecule has 16 heavy (non-hydrogen) atoms. The van der Waals surface area contributed by atoms with Crippen LogP contribution in [0.1, 0.15) is 49.1 Å². The van der Waals surface area contributed by atoms with Crippen LogP contribution in [0.5, 0.6) is 0 Å². The van der Waals surface area contributed by atoms with Gasteiger partial charge in [-0.05, 0) is 24.0 Å². The van der Waals surface area contributed by atoms with Crippen LogP contribution < -0.4 is 0 Å². The Morgan fingerprint density at radius 2 is 2.31 bits per heavy atom. The van der Waals surface area contributed by atoms with Crippen LogP contribution in [-0.4, -0.2) is 23.3 Å². The first-order valence-corrected chi connectivity index (χ1v) is 5.90. The second kappa shape index (κ2) is 4.93. The molecule has 0 bridgehead atoms. The highest BCUT2D eigenvalue weighted by molar-refractivity contribution is 5.28. The minimum atomic E-state index is 0.0202. The van der Waals surface area contributed by atoms with E-state index in [0.29, 0.717) is 11.8 Å². The topological polar surface area (TPSA) is 42.4 Å². The van der Waals surface area contributed by atoms with E-state index in [1.54, 1.807) is 0 Å². The molecule has 1 aromatic heterocycles. The second-order valence-corrected chi connectivity index (χ2v) is 4.65. The number of pyridine rings is 1. The fourth-order valence-corrected chi connectivity index (χ4v) is 2.13. The van der Waals surface area contributed by atoms with Crippen molar-refractivity contribution < 1.29 is 9.84 Å². The third-order valence-electron chi connectivity index (χ3n) is 3.14. The monoisotopic (exact) mass is 221 g/mol. The summed E-state index contributed by atoms with van der Waals surface area (Å²) in [6.45, 7) is 5.83. The molecular weight excluding hydrogens is 202 g/mol. The Labute approximate surface area is 96.5 Å². The highest BCUT2D eigenvalue weighted by Crippen LogP contribution is 2.28. The van der Waals surface area contributed by atoms with Crippen LogP contribution in [0.2, 0.25) is 0 Å². The summed E-state index contributed by atoms with van der Waals surface area (Å²) in [7, 11) is 0. The zero-order valence-electron chi connectivity index (χ0n) is 9.94. The lowest BCUT2D eigenvalue weighted by Crippen LogP contribution is -2.07. The first-order valence-electron chi connectivity index (χ1n) is 5.90. The van der Waals surface area contributed by atoms with Gasteiger partial charge in [-0.3, -0.25) is 4.98 Å². The van der Waals surface area contributed by atoms with Gasteiger partial charge in [-0.2, -0.15) is 0 Å². The van der Waals surface area contributed by atoms with Gasteiger partial charge in [-0.15, -0.1) is 0 Å². The zero-order valence-corrected chi connectivity index (χ0v) is 9.94. The van der Waals surface area contributed by atoms with E-state index in [9.17, 15) is 5.11 Å². The summed E-state index contributed by atoms with van der Waals surface area (Å²) in [5, 5.41) is 9.38. The molecule has 2 heterocycles. The van der Waals surface area contributed by atoms with E-state index >= 15 is 0 Å². The lowest BCUT2D eigenvalue weighted by molar-refractivity contribution is 0.193. The molecule has 0 radical (unpaired) electrons. The Bertz CT molecular complexity index is 357. The Hall–Kier alpha value is -0.930. The van der Waals surface area contributed by atoms with E-state index in [1.165, 1.54) is 0 Å². The number of rotatable bonds is 3. The van der Waals surface area contributed by atoms with Crippen molar-refractivity contribution in [2.75, 3.05) is 13.2 Å². The van der Waals surface area contributed by atoms with Crippen molar-refractivity contribution >= 4 is 0 Å². The smallest absolute Gasteiger partial charge is 0.0856 e. The third-order valence-corrected chi connectivity index (χ3v) is 3.14. The largest absolute Gasteiger partial charge is 0.390 e. The molecule has 2 rings (SSSR count). The SMILES string of the molecule is CC(C)c1ccc([C@H]2CCOC2)c(CO)n1. The lowest BCUT2D eigenvalue weighted by atomic mass is 9.95. The van der Waals surface area contributed by atoms with Crippen molar-refractivity contribution in [3.63, 3.8) is 0 Å². The summed E-state index contributed by atoms with van der Waals surface area (Å²) in [5.41, 5.74) is 3.03. The van der Waals surface area contributed by atoms with E-state index in [2.05, 4.69) is 31.0 Å². The second-order valence-electron chi connectivity index (χ2n) is 4.65. The number of aromatic nitrogens is 1. The standard InChI is InChI=1S/C13H19NO2/c1-9(2)12-4-3-11(13(7-15)14-12)10-5-6-16-8-10/h3-4,9-10,15H,5-8H2,1-2H3/t10-/m0/s1. The molecule has 0 saturated carbocycles. The average Bonchev–Trinajstić information content (AvgIpc) is 2.81. The number of hydrogen-bond donors (Lipinski definition) is 1. The highest BCUT2D eigenvalue weighted by Gasteiger charge is 2.21. The van der Waals surface area contributed by atoms with Crippen molar-refractivity contribution in [2.24, 2.45) is 0 Å². The maximum atomic E-state index is 9.38. The first-order chi connectivity index (χ1) is 7.72. The van der Waals surface area contributed by atoms with Crippen LogP contribution in [0.4, 0.5) is 0 Å². The molecular formula is C13H19NO2. The number of hydrogen-bond acceptors (Lipinski definition) is 3. The van der Waals surface area contributed by atoms with Crippen molar-refractivity contribution in [2.45, 2.75) is 38.7 Å². The summed E-state index contributed by atoms with van der Waals surface area (Å²) in [5.74, 6) is 0.815. The average molecular weight is 221 g/mol. The minimum Gasteiger partial charge on any atom is -0.390 e. The number of aliphatic hydroxyl groups excluding tert-OH is 1. The van der Waals surface area contributed by atoms with Gasteiger partial charge in [0.1, 0.15) is 0 Å². The van der Waals surface area contributed by atoms with E-state index in [1.807, 2.05) is 0 Å². The summed E-state index contributed by atoms with van der Waals surface area (Å²) >= 11 is 0. The molecule has 1 N–H and O–H groups in total. The molecule has 1 aliphatic rings. The zero-order chi connectivity index (χ0) is 11.5. The third kappa shape index (κ3) is 2.25. The van der Waals surface area contributed by atoms with Crippen LogP contribution >= 0.6 is 0 Å². The van der Waals surface area contributed by atoms with Crippen LogP contribution in [0.25, 0.3) is 0 Å². The van der Waals surface area contributed by atoms with Crippen LogP contribution in [0.15, 0.2) is 12.1 Å². The molecule has 3 nitrogen and oxygen atoms in total. The molecule has 1 fully saturated rings. The summed E-state index contributed by atoms with van der Waals surface area (Å²) in [4.78, 5) is 4.53. The minimum absolute atomic E-state index is 0.0202. The molecule has 0 amide bonds. The molecule has 1 aromatic rings. The summed E-state index contributed by atoms with van der Waals surface area (Å²) in [6.07, 6.45) is 1.04. The van der Waals surface area contributed by atoms with Gasteiger partial charge in [0, 0.05) is 18.2 Å². The van der Waals surface area contributed by atoms with Gasteiger partial charge in [0.05, 0.1) is 18.9 Å². The van der Waals surface area contributed by atoms with Gasteiger partial charge in [0.2, 0.25) is 0 Å². The fraction of sp³-hybridized carbons (Fsp3) is 0.615. The summed E-state index contributed by atoms with van der Waals surface area (Å²) in [6, 6.07) is 4.17. The lowest BCUT2D eigenvalue weighted by Gasteiger charge is -2.14. The molecule has 0 spiro atoms. The van der Waals surface area contributed by atoms with Gasteiger partial charge in [0.25, 0.3) is 0 Å². The maximum absolute atomic E-state index is 9.38. The maximum Gasteiger partial charge on any atom is 0.0856 e. The molecule has 1 aliphatic heterocycles. The number of ether oxygens (including phenoxy) is 1. The van der Waals surface area contributed by atoms with E-state index in [4.69, 9.17) is 4.74 Å². The summed E-state index contributed by atoms with van der Waals surface area (Å²) < 4.78 is 5.38. The predicted molar refractivity (Wildman–Crippen MR) is 62.4 cm³/mol. The quantitative estimate of drug-likeness (QED) is 0.850. The van der Waals surface area contributed by atoms with Crippen molar-refractivity contribution in [1.82, 2.24) is 4.98 Å². The van der Waals surface area contributed by atoms with Crippen LogP contribution in [0, 0.1) is 0 Å². The molecule has 3 heteroatoms. The number of nitrogens with zero attached hydrogens (tertiary/aromatic N) is 1. The Kier molecular flexibility index (Phi) is 3.56. The van der Waals surface area contributed by atoms with Gasteiger partial charge >= 0.3 is 0 Å². The molecule has 1 atom stereocenters. The highest BCUT2D eigenvalue weighted by atomic mass is 16.5. The molecule has 0 unspecified atom stereocenters. The molecule has 1 saturated heterocycles. The van der Waals surface area contributed by atoms with Gasteiger partial charge in [-0.25, -0.2) is 0 Å². The van der Waals surface area contributed by atoms with Gasteiger partial charge < -0.3 is 9.84 Å². The van der Waals surface area contributed by atoms with Crippen molar-refractivity contribution in [3.8, 4) is 0 Å². The Morgan fingerprint density at radius 1 is 1.50 bits per heavy atom. The van der Waals surface area contributed by atoms with Gasteiger partial charge in [-0.1, -0.05) is 19.9 Å². The van der Waals surface area contributed by atoms with Crippen molar-refractivity contribution in [3.05, 3.63) is 29.1 Å². The van der Waals surface area contributed by atoms with Crippen LogP contribution in [-0.2, 0) is 11.3 Å². The number of aliphatic hydroxyl groups is 1. The Balaban J connectivity index is 2.30.